The summed E-state index contributed by atoms with van der Waals surface area (Å²) in [5.74, 6) is 4.04. The molecule has 1 N–H and O–H groups in total. The van der Waals surface area contributed by atoms with Crippen LogP contribution in [0.3, 0.4) is 0 Å². The SMILES string of the molecule is CCCNc1nc(CC)nc(N(C)C(C)CSC)c1C. The van der Waals surface area contributed by atoms with E-state index in [2.05, 4.69) is 56.2 Å². The molecule has 1 heterocycles. The van der Waals surface area contributed by atoms with E-state index in [-0.39, 0.29) is 0 Å². The molecule has 0 amide bonds. The fourth-order valence-electron chi connectivity index (χ4n) is 2.03. The average molecular weight is 296 g/mol. The Balaban J connectivity index is 3.10. The van der Waals surface area contributed by atoms with Crippen molar-refractivity contribution >= 4 is 23.4 Å². The van der Waals surface area contributed by atoms with Crippen molar-refractivity contribution in [3.05, 3.63) is 11.4 Å². The maximum Gasteiger partial charge on any atom is 0.137 e. The van der Waals surface area contributed by atoms with E-state index in [1.165, 1.54) is 0 Å². The molecule has 5 heteroatoms. The quantitative estimate of drug-likeness (QED) is 0.796. The van der Waals surface area contributed by atoms with Crippen LogP contribution in [0.1, 0.15) is 38.6 Å². The highest BCUT2D eigenvalue weighted by molar-refractivity contribution is 7.98. The molecule has 1 aromatic rings. The highest BCUT2D eigenvalue weighted by atomic mass is 32.2. The maximum atomic E-state index is 4.73. The molecule has 0 bridgehead atoms. The van der Waals surface area contributed by atoms with Crippen LogP contribution in [-0.4, -0.2) is 41.6 Å². The molecule has 1 atom stereocenters. The van der Waals surface area contributed by atoms with Gasteiger partial charge in [0.15, 0.2) is 0 Å². The lowest BCUT2D eigenvalue weighted by molar-refractivity contribution is 0.741. The van der Waals surface area contributed by atoms with Crippen LogP contribution in [0.25, 0.3) is 0 Å². The second-order valence-corrected chi connectivity index (χ2v) is 6.04. The molecule has 0 aromatic carbocycles. The molecule has 1 rings (SSSR count). The molecule has 1 aromatic heterocycles. The number of thioether (sulfide) groups is 1. The zero-order valence-corrected chi connectivity index (χ0v) is 14.5. The molecular formula is C15H28N4S. The van der Waals surface area contributed by atoms with E-state index < -0.39 is 0 Å². The number of anilines is 2. The van der Waals surface area contributed by atoms with Crippen LogP contribution in [0.4, 0.5) is 11.6 Å². The van der Waals surface area contributed by atoms with E-state index in [0.29, 0.717) is 6.04 Å². The van der Waals surface area contributed by atoms with Crippen molar-refractivity contribution in [2.24, 2.45) is 0 Å². The standard InChI is InChI=1S/C15H28N4S/c1-7-9-16-14-12(4)15(18-13(8-2)17-14)19(5)11(3)10-20-6/h11H,7-10H2,1-6H3,(H,16,17,18). The topological polar surface area (TPSA) is 41.1 Å². The van der Waals surface area contributed by atoms with Gasteiger partial charge >= 0.3 is 0 Å². The molecule has 0 saturated carbocycles. The summed E-state index contributed by atoms with van der Waals surface area (Å²) in [6, 6.07) is 0.460. The van der Waals surface area contributed by atoms with Crippen molar-refractivity contribution in [1.82, 2.24) is 9.97 Å². The number of nitrogens with zero attached hydrogens (tertiary/aromatic N) is 3. The summed E-state index contributed by atoms with van der Waals surface area (Å²) in [4.78, 5) is 11.6. The zero-order chi connectivity index (χ0) is 15.1. The summed E-state index contributed by atoms with van der Waals surface area (Å²) in [6.45, 7) is 9.56. The number of aryl methyl sites for hydroxylation is 1. The van der Waals surface area contributed by atoms with Crippen molar-refractivity contribution < 1.29 is 0 Å². The Morgan fingerprint density at radius 3 is 2.55 bits per heavy atom. The molecular weight excluding hydrogens is 268 g/mol. The fraction of sp³-hybridized carbons (Fsp3) is 0.733. The zero-order valence-electron chi connectivity index (χ0n) is 13.7. The normalized spacial score (nSPS) is 12.3. The summed E-state index contributed by atoms with van der Waals surface area (Å²) in [5, 5.41) is 3.42. The van der Waals surface area contributed by atoms with Crippen LogP contribution in [-0.2, 0) is 6.42 Å². The minimum Gasteiger partial charge on any atom is -0.370 e. The van der Waals surface area contributed by atoms with Crippen molar-refractivity contribution in [3.8, 4) is 0 Å². The van der Waals surface area contributed by atoms with E-state index in [1.54, 1.807) is 0 Å². The Morgan fingerprint density at radius 2 is 2.00 bits per heavy atom. The maximum absolute atomic E-state index is 4.73. The number of hydrogen-bond acceptors (Lipinski definition) is 5. The van der Waals surface area contributed by atoms with Gasteiger partial charge in [0.1, 0.15) is 17.5 Å². The van der Waals surface area contributed by atoms with Gasteiger partial charge in [0.2, 0.25) is 0 Å². The third-order valence-corrected chi connectivity index (χ3v) is 4.24. The Bertz CT molecular complexity index is 423. The molecule has 1 unspecified atom stereocenters. The van der Waals surface area contributed by atoms with Crippen LogP contribution in [0.15, 0.2) is 0 Å². The second kappa shape index (κ2) is 8.35. The first-order chi connectivity index (χ1) is 9.54. The van der Waals surface area contributed by atoms with Gasteiger partial charge in [-0.2, -0.15) is 11.8 Å². The number of hydrogen-bond donors (Lipinski definition) is 1. The summed E-state index contributed by atoms with van der Waals surface area (Å²) < 4.78 is 0. The van der Waals surface area contributed by atoms with Crippen molar-refractivity contribution in [2.75, 3.05) is 35.8 Å². The Kier molecular flexibility index (Phi) is 7.13. The van der Waals surface area contributed by atoms with Crippen molar-refractivity contribution in [2.45, 2.75) is 46.6 Å². The lowest BCUT2D eigenvalue weighted by Gasteiger charge is -2.28. The second-order valence-electron chi connectivity index (χ2n) is 5.13. The van der Waals surface area contributed by atoms with E-state index in [0.717, 1.165) is 48.2 Å². The van der Waals surface area contributed by atoms with Gasteiger partial charge in [0.25, 0.3) is 0 Å². The first-order valence-electron chi connectivity index (χ1n) is 7.38. The first-order valence-corrected chi connectivity index (χ1v) is 8.77. The van der Waals surface area contributed by atoms with Crippen molar-refractivity contribution in [1.29, 1.82) is 0 Å². The highest BCUT2D eigenvalue weighted by Gasteiger charge is 2.17. The van der Waals surface area contributed by atoms with Crippen LogP contribution < -0.4 is 10.2 Å². The lowest BCUT2D eigenvalue weighted by Crippen LogP contribution is -2.32. The summed E-state index contributed by atoms with van der Waals surface area (Å²) in [6.07, 6.45) is 4.10. The molecule has 0 spiro atoms. The number of aromatic nitrogens is 2. The monoisotopic (exact) mass is 296 g/mol. The van der Waals surface area contributed by atoms with Gasteiger partial charge in [0, 0.05) is 37.4 Å². The third-order valence-electron chi connectivity index (χ3n) is 3.43. The summed E-state index contributed by atoms with van der Waals surface area (Å²) in [5.41, 5.74) is 1.14. The Labute approximate surface area is 127 Å². The smallest absolute Gasteiger partial charge is 0.137 e. The first kappa shape index (κ1) is 17.1. The Hall–Kier alpha value is -0.970. The minimum absolute atomic E-state index is 0.460. The largest absolute Gasteiger partial charge is 0.370 e. The van der Waals surface area contributed by atoms with E-state index in [1.807, 2.05) is 11.8 Å². The lowest BCUT2D eigenvalue weighted by atomic mass is 10.2. The fourth-order valence-corrected chi connectivity index (χ4v) is 2.73. The number of rotatable bonds is 8. The predicted molar refractivity (Wildman–Crippen MR) is 91.2 cm³/mol. The molecule has 0 radical (unpaired) electrons. The molecule has 114 valence electrons. The van der Waals surface area contributed by atoms with Gasteiger partial charge in [-0.05, 0) is 26.5 Å². The highest BCUT2D eigenvalue weighted by Crippen LogP contribution is 2.25. The molecule has 0 fully saturated rings. The van der Waals surface area contributed by atoms with Gasteiger partial charge in [-0.1, -0.05) is 13.8 Å². The minimum atomic E-state index is 0.460. The van der Waals surface area contributed by atoms with Gasteiger partial charge < -0.3 is 10.2 Å². The molecule has 0 aliphatic rings. The molecule has 20 heavy (non-hydrogen) atoms. The van der Waals surface area contributed by atoms with Crippen LogP contribution in [0.2, 0.25) is 0 Å². The van der Waals surface area contributed by atoms with Gasteiger partial charge in [0.05, 0.1) is 0 Å². The molecule has 0 aliphatic heterocycles. The van der Waals surface area contributed by atoms with Gasteiger partial charge in [-0.3, -0.25) is 0 Å². The summed E-state index contributed by atoms with van der Waals surface area (Å²) in [7, 11) is 2.12. The molecule has 0 aliphatic carbocycles. The Morgan fingerprint density at radius 1 is 1.30 bits per heavy atom. The third kappa shape index (κ3) is 4.27. The molecule has 4 nitrogen and oxygen atoms in total. The van der Waals surface area contributed by atoms with Gasteiger partial charge in [-0.15, -0.1) is 0 Å². The van der Waals surface area contributed by atoms with E-state index in [9.17, 15) is 0 Å². The van der Waals surface area contributed by atoms with Gasteiger partial charge in [-0.25, -0.2) is 9.97 Å². The number of nitrogens with one attached hydrogen (secondary N) is 1. The van der Waals surface area contributed by atoms with Crippen LogP contribution >= 0.6 is 11.8 Å². The average Bonchev–Trinajstić information content (AvgIpc) is 2.45. The molecule has 0 saturated heterocycles. The van der Waals surface area contributed by atoms with E-state index >= 15 is 0 Å². The van der Waals surface area contributed by atoms with Crippen LogP contribution in [0.5, 0.6) is 0 Å². The predicted octanol–water partition coefficient (Wildman–Crippen LogP) is 3.36. The summed E-state index contributed by atoms with van der Waals surface area (Å²) >= 11 is 1.87. The van der Waals surface area contributed by atoms with E-state index in [4.69, 9.17) is 4.98 Å². The van der Waals surface area contributed by atoms with Crippen molar-refractivity contribution in [3.63, 3.8) is 0 Å². The van der Waals surface area contributed by atoms with Crippen LogP contribution in [0, 0.1) is 6.92 Å².